The molecule has 1 aliphatic carbocycles. The van der Waals surface area contributed by atoms with Crippen LogP contribution < -0.4 is 0 Å². The summed E-state index contributed by atoms with van der Waals surface area (Å²) in [4.78, 5) is 6.29. The van der Waals surface area contributed by atoms with Crippen LogP contribution in [0.15, 0.2) is 15.9 Å². The Labute approximate surface area is 115 Å². The van der Waals surface area contributed by atoms with Gasteiger partial charge in [-0.15, -0.1) is 6.42 Å². The molecule has 1 unspecified atom stereocenters. The third kappa shape index (κ3) is 3.00. The molecule has 3 nitrogen and oxygen atoms in total. The lowest BCUT2D eigenvalue weighted by molar-refractivity contribution is 0.275. The number of rotatable bonds is 4. The van der Waals surface area contributed by atoms with Crippen molar-refractivity contribution in [2.24, 2.45) is 16.3 Å². The standard InChI is InChI=1S/C14H21ClN2O/c1-7-14(3,11-8-9-11)12(15)13(18-6)16-10(2)17(4)5/h1,11H,8-9H2,2-6H3/b13-12-,16-10?. The van der Waals surface area contributed by atoms with Crippen molar-refractivity contribution >= 4 is 17.4 Å². The largest absolute Gasteiger partial charge is 0.480 e. The number of hydrogen-bond donors (Lipinski definition) is 0. The van der Waals surface area contributed by atoms with Crippen molar-refractivity contribution in [1.82, 2.24) is 4.90 Å². The predicted molar refractivity (Wildman–Crippen MR) is 76.3 cm³/mol. The molecule has 4 heteroatoms. The molecule has 1 saturated carbocycles. The molecule has 0 aliphatic heterocycles. The summed E-state index contributed by atoms with van der Waals surface area (Å²) in [6, 6.07) is 0. The van der Waals surface area contributed by atoms with Crippen LogP contribution in [0.5, 0.6) is 0 Å². The number of terminal acetylenes is 1. The first-order valence-electron chi connectivity index (χ1n) is 6.01. The molecule has 0 radical (unpaired) electrons. The summed E-state index contributed by atoms with van der Waals surface area (Å²) in [7, 11) is 5.40. The Morgan fingerprint density at radius 1 is 1.50 bits per heavy atom. The van der Waals surface area contributed by atoms with E-state index in [0.717, 1.165) is 18.7 Å². The summed E-state index contributed by atoms with van der Waals surface area (Å²) in [5, 5.41) is 0.524. The quantitative estimate of drug-likeness (QED) is 0.339. The Balaban J connectivity index is 3.14. The molecule has 0 aromatic rings. The van der Waals surface area contributed by atoms with Crippen molar-refractivity contribution in [2.45, 2.75) is 26.7 Å². The van der Waals surface area contributed by atoms with Gasteiger partial charge in [-0.25, -0.2) is 0 Å². The van der Waals surface area contributed by atoms with Gasteiger partial charge in [-0.3, -0.25) is 0 Å². The van der Waals surface area contributed by atoms with Crippen LogP contribution in [0.4, 0.5) is 0 Å². The van der Waals surface area contributed by atoms with E-state index in [-0.39, 0.29) is 0 Å². The van der Waals surface area contributed by atoms with Crippen LogP contribution >= 0.6 is 11.6 Å². The molecule has 1 atom stereocenters. The van der Waals surface area contributed by atoms with Crippen molar-refractivity contribution in [1.29, 1.82) is 0 Å². The molecule has 0 spiro atoms. The topological polar surface area (TPSA) is 24.8 Å². The monoisotopic (exact) mass is 268 g/mol. The molecule has 100 valence electrons. The van der Waals surface area contributed by atoms with Crippen LogP contribution in [-0.4, -0.2) is 31.9 Å². The van der Waals surface area contributed by atoms with Gasteiger partial charge in [-0.05, 0) is 32.6 Å². The first-order chi connectivity index (χ1) is 8.36. The molecule has 1 rings (SSSR count). The lowest BCUT2D eigenvalue weighted by atomic mass is 9.85. The number of halogens is 1. The zero-order valence-corrected chi connectivity index (χ0v) is 12.5. The summed E-state index contributed by atoms with van der Waals surface area (Å²) in [5.41, 5.74) is -0.469. The minimum absolute atomic E-state index is 0.412. The fourth-order valence-corrected chi connectivity index (χ4v) is 2.00. The molecule has 0 saturated heterocycles. The van der Waals surface area contributed by atoms with Gasteiger partial charge in [0, 0.05) is 14.1 Å². The van der Waals surface area contributed by atoms with E-state index in [0.29, 0.717) is 16.8 Å². The van der Waals surface area contributed by atoms with Gasteiger partial charge in [0.25, 0.3) is 0 Å². The Hall–Kier alpha value is -1.14. The molecule has 1 aliphatic rings. The van der Waals surface area contributed by atoms with Crippen molar-refractivity contribution < 1.29 is 4.74 Å². The Morgan fingerprint density at radius 3 is 2.39 bits per heavy atom. The third-order valence-corrected chi connectivity index (χ3v) is 4.00. The maximum atomic E-state index is 6.42. The van der Waals surface area contributed by atoms with Gasteiger partial charge in [-0.2, -0.15) is 4.99 Å². The third-order valence-electron chi connectivity index (χ3n) is 3.44. The zero-order valence-electron chi connectivity index (χ0n) is 11.7. The van der Waals surface area contributed by atoms with Crippen molar-refractivity contribution in [2.75, 3.05) is 21.2 Å². The lowest BCUT2D eigenvalue weighted by Crippen LogP contribution is -2.21. The highest BCUT2D eigenvalue weighted by atomic mass is 35.5. The molecular formula is C14H21ClN2O. The average Bonchev–Trinajstić information content (AvgIpc) is 3.17. The summed E-state index contributed by atoms with van der Waals surface area (Å²) in [6.45, 7) is 3.88. The van der Waals surface area contributed by atoms with Gasteiger partial charge in [0.2, 0.25) is 5.88 Å². The van der Waals surface area contributed by atoms with Crippen LogP contribution in [0.25, 0.3) is 0 Å². The van der Waals surface area contributed by atoms with E-state index in [1.54, 1.807) is 7.11 Å². The second-order valence-corrected chi connectivity index (χ2v) is 5.38. The summed E-state index contributed by atoms with van der Waals surface area (Å²) < 4.78 is 5.30. The Kier molecular flexibility index (Phi) is 4.70. The van der Waals surface area contributed by atoms with Crippen LogP contribution in [0, 0.1) is 23.7 Å². The van der Waals surface area contributed by atoms with Gasteiger partial charge >= 0.3 is 0 Å². The molecule has 0 heterocycles. The highest BCUT2D eigenvalue weighted by molar-refractivity contribution is 6.30. The highest BCUT2D eigenvalue weighted by Crippen LogP contribution is 2.51. The molecule has 0 N–H and O–H groups in total. The second-order valence-electron chi connectivity index (χ2n) is 5.00. The average molecular weight is 269 g/mol. The van der Waals surface area contributed by atoms with E-state index < -0.39 is 5.41 Å². The fourth-order valence-electron chi connectivity index (χ4n) is 1.67. The lowest BCUT2D eigenvalue weighted by Gasteiger charge is -2.24. The SMILES string of the molecule is C#CC(C)(/C(Cl)=C(\N=C(C)N(C)C)OC)C1CC1. The minimum Gasteiger partial charge on any atom is -0.480 e. The number of allylic oxidation sites excluding steroid dienone is 1. The predicted octanol–water partition coefficient (Wildman–Crippen LogP) is 3.07. The molecule has 0 bridgehead atoms. The number of methoxy groups -OCH3 is 1. The van der Waals surface area contributed by atoms with Gasteiger partial charge < -0.3 is 9.64 Å². The highest BCUT2D eigenvalue weighted by Gasteiger charge is 2.44. The van der Waals surface area contributed by atoms with Crippen LogP contribution in [0.3, 0.4) is 0 Å². The molecule has 0 amide bonds. The van der Waals surface area contributed by atoms with Crippen molar-refractivity contribution in [3.05, 3.63) is 10.9 Å². The van der Waals surface area contributed by atoms with Crippen molar-refractivity contribution in [3.8, 4) is 12.3 Å². The molecule has 1 fully saturated rings. The zero-order chi connectivity index (χ0) is 13.9. The van der Waals surface area contributed by atoms with Crippen LogP contribution in [0.1, 0.15) is 26.7 Å². The number of hydrogen-bond acceptors (Lipinski definition) is 2. The maximum Gasteiger partial charge on any atom is 0.231 e. The number of amidine groups is 1. The summed E-state index contributed by atoms with van der Waals surface area (Å²) in [5.74, 6) is 4.48. The van der Waals surface area contributed by atoms with Crippen LogP contribution in [0.2, 0.25) is 0 Å². The van der Waals surface area contributed by atoms with E-state index in [1.807, 2.05) is 32.8 Å². The van der Waals surface area contributed by atoms with Crippen molar-refractivity contribution in [3.63, 3.8) is 0 Å². The van der Waals surface area contributed by atoms with Gasteiger partial charge in [0.1, 0.15) is 5.84 Å². The Morgan fingerprint density at radius 2 is 2.06 bits per heavy atom. The fraction of sp³-hybridized carbons (Fsp3) is 0.643. The Bertz CT molecular complexity index is 416. The molecule has 0 aromatic carbocycles. The second kappa shape index (κ2) is 5.67. The smallest absolute Gasteiger partial charge is 0.231 e. The number of aliphatic imine (C=N–C) groups is 1. The number of nitrogens with zero attached hydrogens (tertiary/aromatic N) is 2. The molecular weight excluding hydrogens is 248 g/mol. The van der Waals surface area contributed by atoms with E-state index in [1.165, 1.54) is 0 Å². The summed E-state index contributed by atoms with van der Waals surface area (Å²) in [6.07, 6.45) is 7.88. The molecule has 18 heavy (non-hydrogen) atoms. The van der Waals surface area contributed by atoms with E-state index in [9.17, 15) is 0 Å². The van der Waals surface area contributed by atoms with E-state index in [4.69, 9.17) is 22.8 Å². The van der Waals surface area contributed by atoms with Gasteiger partial charge in [-0.1, -0.05) is 17.5 Å². The van der Waals surface area contributed by atoms with Crippen LogP contribution in [-0.2, 0) is 4.74 Å². The normalized spacial score (nSPS) is 20.6. The number of ether oxygens (including phenoxy) is 1. The van der Waals surface area contributed by atoms with Gasteiger partial charge in [0.05, 0.1) is 17.6 Å². The summed E-state index contributed by atoms with van der Waals surface area (Å²) >= 11 is 6.42. The van der Waals surface area contributed by atoms with E-state index >= 15 is 0 Å². The maximum absolute atomic E-state index is 6.42. The molecule has 0 aromatic heterocycles. The van der Waals surface area contributed by atoms with E-state index in [2.05, 4.69) is 10.9 Å². The minimum atomic E-state index is -0.469. The first-order valence-corrected chi connectivity index (χ1v) is 6.39. The van der Waals surface area contributed by atoms with Gasteiger partial charge in [0.15, 0.2) is 0 Å². The first kappa shape index (κ1) is 14.9.